The number of hydrogen-bond acceptors (Lipinski definition) is 3. The topological polar surface area (TPSA) is 66.8 Å². The van der Waals surface area contributed by atoms with Crippen molar-refractivity contribution >= 4 is 5.97 Å². The van der Waals surface area contributed by atoms with Crippen molar-refractivity contribution in [2.75, 3.05) is 6.61 Å². The lowest BCUT2D eigenvalue weighted by molar-refractivity contribution is 0.0697. The highest BCUT2D eigenvalue weighted by molar-refractivity contribution is 5.87. The smallest absolute Gasteiger partial charge is 0.335 e. The predicted molar refractivity (Wildman–Crippen MR) is 81.9 cm³/mol. The molecule has 2 rings (SSSR count). The van der Waals surface area contributed by atoms with Crippen molar-refractivity contribution in [3.63, 3.8) is 0 Å². The van der Waals surface area contributed by atoms with E-state index in [4.69, 9.17) is 14.9 Å². The Kier molecular flexibility index (Phi) is 7.43. The van der Waals surface area contributed by atoms with Crippen molar-refractivity contribution in [3.8, 4) is 11.5 Å². The predicted octanol–water partition coefficient (Wildman–Crippen LogP) is 3.96. The number of phenolic OH excluding ortho intramolecular Hbond substituents is 1. The van der Waals surface area contributed by atoms with Gasteiger partial charge >= 0.3 is 5.97 Å². The Morgan fingerprint density at radius 2 is 1.67 bits per heavy atom. The number of rotatable bonds is 5. The van der Waals surface area contributed by atoms with Gasteiger partial charge in [0.2, 0.25) is 0 Å². The SMILES string of the molecule is CCCCOc1ccc(O)cc1.O=C(O)c1ccccc1. The van der Waals surface area contributed by atoms with Gasteiger partial charge in [0.1, 0.15) is 11.5 Å². The van der Waals surface area contributed by atoms with Gasteiger partial charge in [0.05, 0.1) is 12.2 Å². The zero-order chi connectivity index (χ0) is 15.5. The summed E-state index contributed by atoms with van der Waals surface area (Å²) in [5.41, 5.74) is 0.331. The molecule has 4 heteroatoms. The quantitative estimate of drug-likeness (QED) is 0.817. The van der Waals surface area contributed by atoms with Gasteiger partial charge in [0.15, 0.2) is 0 Å². The molecule has 112 valence electrons. The van der Waals surface area contributed by atoms with Crippen LogP contribution in [0.3, 0.4) is 0 Å². The van der Waals surface area contributed by atoms with Crippen molar-refractivity contribution < 1.29 is 19.7 Å². The number of carboxylic acids is 1. The zero-order valence-electron chi connectivity index (χ0n) is 12.0. The molecule has 0 aromatic heterocycles. The third-order valence-corrected chi connectivity index (χ3v) is 2.62. The van der Waals surface area contributed by atoms with Crippen molar-refractivity contribution in [1.82, 2.24) is 0 Å². The maximum Gasteiger partial charge on any atom is 0.335 e. The molecule has 0 spiro atoms. The van der Waals surface area contributed by atoms with Gasteiger partial charge in [-0.05, 0) is 42.8 Å². The molecular formula is C17H20O4. The molecule has 0 amide bonds. The van der Waals surface area contributed by atoms with E-state index in [-0.39, 0.29) is 5.75 Å². The van der Waals surface area contributed by atoms with E-state index in [9.17, 15) is 4.79 Å². The highest BCUT2D eigenvalue weighted by Crippen LogP contribution is 2.15. The van der Waals surface area contributed by atoms with Gasteiger partial charge in [0.25, 0.3) is 0 Å². The van der Waals surface area contributed by atoms with Crippen molar-refractivity contribution in [3.05, 3.63) is 60.2 Å². The molecule has 0 aliphatic carbocycles. The minimum absolute atomic E-state index is 0.276. The number of aromatic carboxylic acids is 1. The number of ether oxygens (including phenoxy) is 1. The van der Waals surface area contributed by atoms with E-state index < -0.39 is 5.97 Å². The summed E-state index contributed by atoms with van der Waals surface area (Å²) in [6.45, 7) is 2.88. The summed E-state index contributed by atoms with van der Waals surface area (Å²) in [5, 5.41) is 17.4. The van der Waals surface area contributed by atoms with E-state index in [1.54, 1.807) is 54.6 Å². The van der Waals surface area contributed by atoms with Crippen LogP contribution in [0.5, 0.6) is 11.5 Å². The Bertz CT molecular complexity index is 520. The molecule has 2 aromatic rings. The van der Waals surface area contributed by atoms with Gasteiger partial charge in [-0.15, -0.1) is 0 Å². The van der Waals surface area contributed by atoms with Crippen LogP contribution in [-0.2, 0) is 0 Å². The van der Waals surface area contributed by atoms with Crippen molar-refractivity contribution in [2.24, 2.45) is 0 Å². The second-order valence-corrected chi connectivity index (χ2v) is 4.37. The maximum atomic E-state index is 10.2. The van der Waals surface area contributed by atoms with E-state index in [1.807, 2.05) is 0 Å². The Morgan fingerprint density at radius 1 is 1.05 bits per heavy atom. The van der Waals surface area contributed by atoms with Gasteiger partial charge < -0.3 is 14.9 Å². The number of carboxylic acid groups (broad SMARTS) is 1. The summed E-state index contributed by atoms with van der Waals surface area (Å²) >= 11 is 0. The number of carbonyl (C=O) groups is 1. The molecule has 0 fully saturated rings. The van der Waals surface area contributed by atoms with Gasteiger partial charge in [0, 0.05) is 0 Å². The van der Waals surface area contributed by atoms with Crippen molar-refractivity contribution in [1.29, 1.82) is 0 Å². The lowest BCUT2D eigenvalue weighted by Gasteiger charge is -2.04. The van der Waals surface area contributed by atoms with E-state index >= 15 is 0 Å². The van der Waals surface area contributed by atoms with Crippen LogP contribution in [0.2, 0.25) is 0 Å². The first-order valence-electron chi connectivity index (χ1n) is 6.83. The molecule has 0 unspecified atom stereocenters. The number of aromatic hydroxyl groups is 1. The minimum atomic E-state index is -0.879. The van der Waals surface area contributed by atoms with E-state index in [0.29, 0.717) is 5.56 Å². The average molecular weight is 288 g/mol. The van der Waals surface area contributed by atoms with Gasteiger partial charge in [-0.3, -0.25) is 0 Å². The molecule has 0 bridgehead atoms. The summed E-state index contributed by atoms with van der Waals surface area (Å²) in [6, 6.07) is 15.1. The molecule has 2 aromatic carbocycles. The lowest BCUT2D eigenvalue weighted by atomic mass is 10.2. The molecule has 0 saturated carbocycles. The molecule has 0 heterocycles. The summed E-state index contributed by atoms with van der Waals surface area (Å²) in [5.74, 6) is 0.217. The first kappa shape index (κ1) is 16.6. The average Bonchev–Trinajstić information content (AvgIpc) is 2.51. The van der Waals surface area contributed by atoms with Crippen LogP contribution in [-0.4, -0.2) is 22.8 Å². The maximum absolute atomic E-state index is 10.2. The highest BCUT2D eigenvalue weighted by atomic mass is 16.5. The Balaban J connectivity index is 0.000000219. The van der Waals surface area contributed by atoms with Crippen molar-refractivity contribution in [2.45, 2.75) is 19.8 Å². The second-order valence-electron chi connectivity index (χ2n) is 4.37. The number of hydrogen-bond donors (Lipinski definition) is 2. The molecule has 4 nitrogen and oxygen atoms in total. The molecule has 0 saturated heterocycles. The standard InChI is InChI=1S/C10H14O2.C7H6O2/c1-2-3-8-12-10-6-4-9(11)5-7-10;8-7(9)6-4-2-1-3-5-6/h4-7,11H,2-3,8H2,1H3;1-5H,(H,8,9). The molecule has 2 N–H and O–H groups in total. The monoisotopic (exact) mass is 288 g/mol. The fourth-order valence-electron chi connectivity index (χ4n) is 1.46. The van der Waals surface area contributed by atoms with Gasteiger partial charge in [-0.25, -0.2) is 4.79 Å². The molecule has 21 heavy (non-hydrogen) atoms. The summed E-state index contributed by atoms with van der Waals surface area (Å²) in [4.78, 5) is 10.2. The van der Waals surface area contributed by atoms with Crippen LogP contribution in [0, 0.1) is 0 Å². The minimum Gasteiger partial charge on any atom is -0.508 e. The third-order valence-electron chi connectivity index (χ3n) is 2.62. The normalized spacial score (nSPS) is 9.38. The number of unbranched alkanes of at least 4 members (excludes halogenated alkanes) is 1. The van der Waals surface area contributed by atoms with Crippen LogP contribution in [0.4, 0.5) is 0 Å². The molecule has 0 aliphatic rings. The van der Waals surface area contributed by atoms with Crippen LogP contribution >= 0.6 is 0 Å². The van der Waals surface area contributed by atoms with Gasteiger partial charge in [-0.1, -0.05) is 31.5 Å². The molecular weight excluding hydrogens is 268 g/mol. The molecule has 0 radical (unpaired) electrons. The van der Waals surface area contributed by atoms with Crippen LogP contribution < -0.4 is 4.74 Å². The second kappa shape index (κ2) is 9.42. The lowest BCUT2D eigenvalue weighted by Crippen LogP contribution is -1.95. The van der Waals surface area contributed by atoms with Crippen LogP contribution in [0.25, 0.3) is 0 Å². The van der Waals surface area contributed by atoms with E-state index in [0.717, 1.165) is 25.2 Å². The first-order chi connectivity index (χ1) is 10.1. The summed E-state index contributed by atoms with van der Waals surface area (Å²) in [6.07, 6.45) is 2.21. The molecule has 0 atom stereocenters. The molecule has 0 aliphatic heterocycles. The third kappa shape index (κ3) is 7.01. The fourth-order valence-corrected chi connectivity index (χ4v) is 1.46. The number of phenols is 1. The Labute approximate surface area is 124 Å². The number of benzene rings is 2. The van der Waals surface area contributed by atoms with Crippen LogP contribution in [0.1, 0.15) is 30.1 Å². The summed E-state index contributed by atoms with van der Waals surface area (Å²) in [7, 11) is 0. The largest absolute Gasteiger partial charge is 0.508 e. The van der Waals surface area contributed by atoms with E-state index in [2.05, 4.69) is 6.92 Å². The summed E-state index contributed by atoms with van der Waals surface area (Å²) < 4.78 is 5.39. The highest BCUT2D eigenvalue weighted by Gasteiger charge is 1.96. The Hall–Kier alpha value is -2.49. The zero-order valence-corrected chi connectivity index (χ0v) is 12.0. The fraction of sp³-hybridized carbons (Fsp3) is 0.235. The van der Waals surface area contributed by atoms with Crippen LogP contribution in [0.15, 0.2) is 54.6 Å². The van der Waals surface area contributed by atoms with Gasteiger partial charge in [-0.2, -0.15) is 0 Å². The Morgan fingerprint density at radius 3 is 2.14 bits per heavy atom. The first-order valence-corrected chi connectivity index (χ1v) is 6.83. The van der Waals surface area contributed by atoms with E-state index in [1.165, 1.54) is 0 Å².